The van der Waals surface area contributed by atoms with Crippen molar-refractivity contribution in [2.24, 2.45) is 0 Å². The van der Waals surface area contributed by atoms with Gasteiger partial charge in [0.15, 0.2) is 0 Å². The monoisotopic (exact) mass is 324 g/mol. The van der Waals surface area contributed by atoms with E-state index in [1.54, 1.807) is 11.0 Å². The zero-order valence-corrected chi connectivity index (χ0v) is 13.5. The van der Waals surface area contributed by atoms with Crippen molar-refractivity contribution in [3.63, 3.8) is 0 Å². The van der Waals surface area contributed by atoms with Gasteiger partial charge < -0.3 is 9.80 Å². The fourth-order valence-electron chi connectivity index (χ4n) is 2.97. The lowest BCUT2D eigenvalue weighted by Gasteiger charge is -2.24. The van der Waals surface area contributed by atoms with Gasteiger partial charge in [-0.3, -0.25) is 9.48 Å². The van der Waals surface area contributed by atoms with Crippen molar-refractivity contribution in [3.8, 4) is 6.07 Å². The van der Waals surface area contributed by atoms with Crippen molar-refractivity contribution >= 4 is 11.6 Å². The minimum Gasteiger partial charge on any atom is -0.369 e. The molecular weight excluding hydrogens is 304 g/mol. The van der Waals surface area contributed by atoms with Gasteiger partial charge in [0.05, 0.1) is 17.8 Å². The predicted octanol–water partition coefficient (Wildman–Crippen LogP) is 1.28. The standard InChI is InChI=1S/C17H20N6O/c18-12-15-4-1-2-5-16(15)21-7-3-8-22(11-10-21)17(24)6-9-23-14-19-13-20-23/h1-2,4-5,13-14H,3,6-11H2. The molecule has 1 aliphatic rings. The maximum absolute atomic E-state index is 12.4. The third kappa shape index (κ3) is 3.71. The van der Waals surface area contributed by atoms with Gasteiger partial charge >= 0.3 is 0 Å². The maximum Gasteiger partial charge on any atom is 0.224 e. The quantitative estimate of drug-likeness (QED) is 0.846. The van der Waals surface area contributed by atoms with Crippen molar-refractivity contribution in [2.45, 2.75) is 19.4 Å². The summed E-state index contributed by atoms with van der Waals surface area (Å²) in [5, 5.41) is 13.3. The Hall–Kier alpha value is -2.88. The number of hydrogen-bond acceptors (Lipinski definition) is 5. The Bertz CT molecular complexity index is 721. The van der Waals surface area contributed by atoms with Crippen LogP contribution in [0.4, 0.5) is 5.69 Å². The fourth-order valence-corrected chi connectivity index (χ4v) is 2.97. The summed E-state index contributed by atoms with van der Waals surface area (Å²) < 4.78 is 1.67. The number of anilines is 1. The second kappa shape index (κ2) is 7.59. The number of amides is 1. The van der Waals surface area contributed by atoms with Crippen LogP contribution in [0.25, 0.3) is 0 Å². The molecule has 2 heterocycles. The average molecular weight is 324 g/mol. The van der Waals surface area contributed by atoms with Gasteiger partial charge in [-0.15, -0.1) is 0 Å². The molecule has 7 heteroatoms. The van der Waals surface area contributed by atoms with Crippen molar-refractivity contribution in [1.29, 1.82) is 5.26 Å². The van der Waals surface area contributed by atoms with Gasteiger partial charge in [0.25, 0.3) is 0 Å². The smallest absolute Gasteiger partial charge is 0.224 e. The molecule has 7 nitrogen and oxygen atoms in total. The van der Waals surface area contributed by atoms with E-state index in [4.69, 9.17) is 0 Å². The highest BCUT2D eigenvalue weighted by atomic mass is 16.2. The summed E-state index contributed by atoms with van der Waals surface area (Å²) in [5.74, 6) is 0.140. The van der Waals surface area contributed by atoms with Gasteiger partial charge in [0, 0.05) is 32.6 Å². The molecular formula is C17H20N6O. The number of rotatable bonds is 4. The molecule has 0 radical (unpaired) electrons. The molecule has 1 fully saturated rings. The van der Waals surface area contributed by atoms with Crippen LogP contribution in [0.1, 0.15) is 18.4 Å². The Kier molecular flexibility index (Phi) is 5.06. The summed E-state index contributed by atoms with van der Waals surface area (Å²) in [5.41, 5.74) is 1.64. The van der Waals surface area contributed by atoms with E-state index in [9.17, 15) is 10.1 Å². The van der Waals surface area contributed by atoms with Crippen LogP contribution in [0.2, 0.25) is 0 Å². The number of carbonyl (C=O) groups is 1. The molecule has 124 valence electrons. The summed E-state index contributed by atoms with van der Waals surface area (Å²) in [6.45, 7) is 3.58. The number of nitrogens with zero attached hydrogens (tertiary/aromatic N) is 6. The van der Waals surface area contributed by atoms with E-state index in [0.29, 0.717) is 25.1 Å². The highest BCUT2D eigenvalue weighted by molar-refractivity contribution is 5.76. The summed E-state index contributed by atoms with van der Waals surface area (Å²) in [6, 6.07) is 9.87. The SMILES string of the molecule is N#Cc1ccccc1N1CCCN(C(=O)CCn2cncn2)CC1. The fraction of sp³-hybridized carbons (Fsp3) is 0.412. The first kappa shape index (κ1) is 16.0. The van der Waals surface area contributed by atoms with Crippen molar-refractivity contribution in [3.05, 3.63) is 42.5 Å². The third-order valence-corrected chi connectivity index (χ3v) is 4.24. The van der Waals surface area contributed by atoms with Gasteiger partial charge in [-0.05, 0) is 18.6 Å². The molecule has 3 rings (SSSR count). The first-order valence-electron chi connectivity index (χ1n) is 8.12. The van der Waals surface area contributed by atoms with E-state index >= 15 is 0 Å². The van der Waals surface area contributed by atoms with Crippen LogP contribution in [0, 0.1) is 11.3 Å². The predicted molar refractivity (Wildman–Crippen MR) is 89.2 cm³/mol. The Balaban J connectivity index is 1.58. The van der Waals surface area contributed by atoms with E-state index in [1.165, 1.54) is 6.33 Å². The van der Waals surface area contributed by atoms with E-state index in [2.05, 4.69) is 21.1 Å². The van der Waals surface area contributed by atoms with Gasteiger partial charge in [0.1, 0.15) is 18.7 Å². The Morgan fingerprint density at radius 1 is 1.21 bits per heavy atom. The Labute approximate surface area is 141 Å². The summed E-state index contributed by atoms with van der Waals surface area (Å²) in [7, 11) is 0. The number of nitriles is 1. The largest absolute Gasteiger partial charge is 0.369 e. The third-order valence-electron chi connectivity index (χ3n) is 4.24. The molecule has 0 atom stereocenters. The topological polar surface area (TPSA) is 78.0 Å². The molecule has 2 aromatic rings. The maximum atomic E-state index is 12.4. The number of aryl methyl sites for hydroxylation is 1. The van der Waals surface area contributed by atoms with E-state index in [0.717, 1.165) is 31.7 Å². The Morgan fingerprint density at radius 2 is 2.08 bits per heavy atom. The lowest BCUT2D eigenvalue weighted by Crippen LogP contribution is -2.35. The van der Waals surface area contributed by atoms with Crippen molar-refractivity contribution < 1.29 is 4.79 Å². The van der Waals surface area contributed by atoms with Crippen LogP contribution in [-0.4, -0.2) is 51.8 Å². The number of hydrogen-bond donors (Lipinski definition) is 0. The van der Waals surface area contributed by atoms with Crippen LogP contribution in [0.5, 0.6) is 0 Å². The van der Waals surface area contributed by atoms with Crippen LogP contribution in [0.15, 0.2) is 36.9 Å². The van der Waals surface area contributed by atoms with Gasteiger partial charge in [-0.25, -0.2) is 4.98 Å². The summed E-state index contributed by atoms with van der Waals surface area (Å²) in [4.78, 5) is 20.4. The van der Waals surface area contributed by atoms with Crippen LogP contribution < -0.4 is 4.90 Å². The highest BCUT2D eigenvalue weighted by Gasteiger charge is 2.20. The Morgan fingerprint density at radius 3 is 2.88 bits per heavy atom. The second-order valence-electron chi connectivity index (χ2n) is 5.76. The van der Waals surface area contributed by atoms with Gasteiger partial charge in [-0.1, -0.05) is 12.1 Å². The molecule has 0 aliphatic carbocycles. The number of aromatic nitrogens is 3. The highest BCUT2D eigenvalue weighted by Crippen LogP contribution is 2.21. The van der Waals surface area contributed by atoms with Gasteiger partial charge in [0.2, 0.25) is 5.91 Å². The number of carbonyl (C=O) groups excluding carboxylic acids is 1. The number of benzene rings is 1. The average Bonchev–Trinajstić information content (AvgIpc) is 3.02. The van der Waals surface area contributed by atoms with Crippen molar-refractivity contribution in [2.75, 3.05) is 31.1 Å². The normalized spacial score (nSPS) is 15.0. The summed E-state index contributed by atoms with van der Waals surface area (Å²) >= 11 is 0. The zero-order valence-electron chi connectivity index (χ0n) is 13.5. The van der Waals surface area contributed by atoms with Crippen molar-refractivity contribution in [1.82, 2.24) is 19.7 Å². The minimum atomic E-state index is 0.140. The molecule has 0 bridgehead atoms. The molecule has 0 saturated carbocycles. The van der Waals surface area contributed by atoms with E-state index < -0.39 is 0 Å². The molecule has 1 aromatic carbocycles. The minimum absolute atomic E-state index is 0.140. The molecule has 24 heavy (non-hydrogen) atoms. The van der Waals surface area contributed by atoms with Crippen LogP contribution in [0.3, 0.4) is 0 Å². The van der Waals surface area contributed by atoms with E-state index in [-0.39, 0.29) is 5.91 Å². The molecule has 0 N–H and O–H groups in total. The first-order chi connectivity index (χ1) is 11.8. The summed E-state index contributed by atoms with van der Waals surface area (Å²) in [6.07, 6.45) is 4.42. The van der Waals surface area contributed by atoms with Gasteiger partial charge in [-0.2, -0.15) is 10.4 Å². The van der Waals surface area contributed by atoms with Crippen LogP contribution >= 0.6 is 0 Å². The van der Waals surface area contributed by atoms with E-state index in [1.807, 2.05) is 29.2 Å². The molecule has 1 saturated heterocycles. The number of para-hydroxylation sites is 1. The molecule has 1 amide bonds. The van der Waals surface area contributed by atoms with Crippen LogP contribution in [-0.2, 0) is 11.3 Å². The molecule has 0 unspecified atom stereocenters. The molecule has 1 aromatic heterocycles. The molecule has 0 spiro atoms. The second-order valence-corrected chi connectivity index (χ2v) is 5.76. The first-order valence-corrected chi connectivity index (χ1v) is 8.12. The molecule has 1 aliphatic heterocycles. The zero-order chi connectivity index (χ0) is 16.8. The lowest BCUT2D eigenvalue weighted by molar-refractivity contribution is -0.131. The lowest BCUT2D eigenvalue weighted by atomic mass is 10.1.